The van der Waals surface area contributed by atoms with E-state index in [9.17, 15) is 4.79 Å². The number of carbonyl (C=O) groups excluding carboxylic acids is 1. The quantitative estimate of drug-likeness (QED) is 0.865. The Kier molecular flexibility index (Phi) is 4.95. The third-order valence-corrected chi connectivity index (χ3v) is 4.65. The largest absolute Gasteiger partial charge is 0.328 e. The van der Waals surface area contributed by atoms with Gasteiger partial charge in [0.05, 0.1) is 0 Å². The minimum Gasteiger partial charge on any atom is -0.328 e. The first-order valence-electron chi connectivity index (χ1n) is 7.01. The number of amides is 1. The molecule has 1 aromatic rings. The van der Waals surface area contributed by atoms with Gasteiger partial charge in [0.25, 0.3) is 0 Å². The van der Waals surface area contributed by atoms with E-state index in [1.807, 2.05) is 23.1 Å². The number of anilines is 1. The lowest BCUT2D eigenvalue weighted by atomic mass is 9.85. The zero-order valence-corrected chi connectivity index (χ0v) is 12.9. The van der Waals surface area contributed by atoms with Gasteiger partial charge >= 0.3 is 0 Å². The van der Waals surface area contributed by atoms with Crippen LogP contribution in [0.5, 0.6) is 0 Å². The zero-order valence-electron chi connectivity index (χ0n) is 11.3. The minimum atomic E-state index is 0. The van der Waals surface area contributed by atoms with E-state index >= 15 is 0 Å². The molecule has 0 aromatic heterocycles. The van der Waals surface area contributed by atoms with Crippen molar-refractivity contribution in [1.82, 2.24) is 0 Å². The predicted molar refractivity (Wildman–Crippen MR) is 84.7 cm³/mol. The van der Waals surface area contributed by atoms with Crippen LogP contribution in [0, 0.1) is 5.92 Å². The molecular formula is C15H20Cl2N2O. The first-order chi connectivity index (χ1) is 9.16. The van der Waals surface area contributed by atoms with Gasteiger partial charge in [-0.3, -0.25) is 4.79 Å². The number of halogens is 2. The summed E-state index contributed by atoms with van der Waals surface area (Å²) in [6, 6.07) is 5.99. The van der Waals surface area contributed by atoms with Crippen LogP contribution in [-0.2, 0) is 11.2 Å². The summed E-state index contributed by atoms with van der Waals surface area (Å²) < 4.78 is 0. The van der Waals surface area contributed by atoms with Gasteiger partial charge in [-0.2, -0.15) is 0 Å². The molecule has 0 spiro atoms. The van der Waals surface area contributed by atoms with E-state index in [0.717, 1.165) is 54.9 Å². The van der Waals surface area contributed by atoms with Gasteiger partial charge in [-0.1, -0.05) is 24.1 Å². The Morgan fingerprint density at radius 3 is 2.90 bits per heavy atom. The number of hydrogen-bond donors (Lipinski definition) is 1. The van der Waals surface area contributed by atoms with Crippen LogP contribution >= 0.6 is 24.0 Å². The van der Waals surface area contributed by atoms with Crippen molar-refractivity contribution in [3.05, 3.63) is 28.8 Å². The maximum atomic E-state index is 12.6. The summed E-state index contributed by atoms with van der Waals surface area (Å²) in [5, 5.41) is 0.771. The van der Waals surface area contributed by atoms with Crippen molar-refractivity contribution in [3.8, 4) is 0 Å². The lowest BCUT2D eigenvalue weighted by Crippen LogP contribution is -2.40. The van der Waals surface area contributed by atoms with Crippen LogP contribution < -0.4 is 10.6 Å². The molecule has 1 aliphatic heterocycles. The molecule has 110 valence electrons. The van der Waals surface area contributed by atoms with Crippen molar-refractivity contribution in [2.45, 2.75) is 38.1 Å². The summed E-state index contributed by atoms with van der Waals surface area (Å²) >= 11 is 6.19. The van der Waals surface area contributed by atoms with Crippen molar-refractivity contribution in [2.75, 3.05) is 11.4 Å². The summed E-state index contributed by atoms with van der Waals surface area (Å²) in [5.41, 5.74) is 8.09. The molecular weight excluding hydrogens is 295 g/mol. The number of nitrogens with zero attached hydrogens (tertiary/aromatic N) is 1. The lowest BCUT2D eigenvalue weighted by Gasteiger charge is -2.29. The first kappa shape index (κ1) is 15.6. The van der Waals surface area contributed by atoms with E-state index in [1.165, 1.54) is 0 Å². The van der Waals surface area contributed by atoms with Crippen molar-refractivity contribution < 1.29 is 4.79 Å². The third kappa shape index (κ3) is 2.80. The van der Waals surface area contributed by atoms with Crippen LogP contribution in [0.15, 0.2) is 18.2 Å². The first-order valence-corrected chi connectivity index (χ1v) is 7.39. The van der Waals surface area contributed by atoms with Gasteiger partial charge in [-0.15, -0.1) is 12.4 Å². The molecule has 0 radical (unpaired) electrons. The molecule has 2 unspecified atom stereocenters. The van der Waals surface area contributed by atoms with Crippen molar-refractivity contribution in [1.29, 1.82) is 0 Å². The van der Waals surface area contributed by atoms with Gasteiger partial charge in [-0.25, -0.2) is 0 Å². The van der Waals surface area contributed by atoms with Gasteiger partial charge in [0, 0.05) is 29.2 Å². The molecule has 20 heavy (non-hydrogen) atoms. The highest BCUT2D eigenvalue weighted by atomic mass is 35.5. The highest BCUT2D eigenvalue weighted by Crippen LogP contribution is 2.35. The Bertz CT molecular complexity index is 507. The number of benzene rings is 1. The molecule has 3 nitrogen and oxygen atoms in total. The van der Waals surface area contributed by atoms with Crippen LogP contribution in [0.4, 0.5) is 5.69 Å². The lowest BCUT2D eigenvalue weighted by molar-refractivity contribution is -0.123. The summed E-state index contributed by atoms with van der Waals surface area (Å²) in [5.74, 6) is 0.324. The molecule has 1 aromatic carbocycles. The SMILES string of the molecule is Cl.NC1CCCC(C(=O)N2CCc3c(Cl)cccc32)C1. The van der Waals surface area contributed by atoms with Gasteiger partial charge in [0.1, 0.15) is 0 Å². The van der Waals surface area contributed by atoms with Crippen molar-refractivity contribution in [3.63, 3.8) is 0 Å². The molecule has 3 rings (SSSR count). The number of hydrogen-bond acceptors (Lipinski definition) is 2. The van der Waals surface area contributed by atoms with Gasteiger partial charge in [-0.05, 0) is 43.4 Å². The molecule has 2 aliphatic rings. The van der Waals surface area contributed by atoms with Gasteiger partial charge < -0.3 is 10.6 Å². The van der Waals surface area contributed by atoms with Crippen LogP contribution in [0.3, 0.4) is 0 Å². The molecule has 1 amide bonds. The summed E-state index contributed by atoms with van der Waals surface area (Å²) in [6.07, 6.45) is 4.77. The maximum absolute atomic E-state index is 12.6. The smallest absolute Gasteiger partial charge is 0.230 e. The van der Waals surface area contributed by atoms with E-state index in [1.54, 1.807) is 0 Å². The van der Waals surface area contributed by atoms with E-state index in [0.29, 0.717) is 0 Å². The molecule has 2 atom stereocenters. The summed E-state index contributed by atoms with van der Waals surface area (Å²) in [4.78, 5) is 14.6. The van der Waals surface area contributed by atoms with E-state index in [-0.39, 0.29) is 30.3 Å². The van der Waals surface area contributed by atoms with E-state index in [4.69, 9.17) is 17.3 Å². The zero-order chi connectivity index (χ0) is 13.4. The van der Waals surface area contributed by atoms with Gasteiger partial charge in [0.15, 0.2) is 0 Å². The fraction of sp³-hybridized carbons (Fsp3) is 0.533. The van der Waals surface area contributed by atoms with Crippen LogP contribution in [0.1, 0.15) is 31.2 Å². The van der Waals surface area contributed by atoms with Crippen LogP contribution in [0.25, 0.3) is 0 Å². The third-order valence-electron chi connectivity index (χ3n) is 4.30. The van der Waals surface area contributed by atoms with Crippen LogP contribution in [-0.4, -0.2) is 18.5 Å². The highest BCUT2D eigenvalue weighted by molar-refractivity contribution is 6.32. The monoisotopic (exact) mass is 314 g/mol. The Morgan fingerprint density at radius 1 is 1.35 bits per heavy atom. The molecule has 0 saturated heterocycles. The number of rotatable bonds is 1. The summed E-state index contributed by atoms with van der Waals surface area (Å²) in [6.45, 7) is 0.754. The Morgan fingerprint density at radius 2 is 2.15 bits per heavy atom. The molecule has 1 fully saturated rings. The topological polar surface area (TPSA) is 46.3 Å². The second kappa shape index (κ2) is 6.33. The van der Waals surface area contributed by atoms with Crippen molar-refractivity contribution >= 4 is 35.6 Å². The minimum absolute atomic E-state index is 0. The predicted octanol–water partition coefficient (Wildman–Crippen LogP) is 3.17. The maximum Gasteiger partial charge on any atom is 0.230 e. The molecule has 2 N–H and O–H groups in total. The second-order valence-electron chi connectivity index (χ2n) is 5.60. The van der Waals surface area contributed by atoms with Crippen LogP contribution in [0.2, 0.25) is 5.02 Å². The second-order valence-corrected chi connectivity index (χ2v) is 6.01. The number of carbonyl (C=O) groups is 1. The Hall–Kier alpha value is -0.770. The molecule has 5 heteroatoms. The van der Waals surface area contributed by atoms with Crippen molar-refractivity contribution in [2.24, 2.45) is 11.7 Å². The summed E-state index contributed by atoms with van der Waals surface area (Å²) in [7, 11) is 0. The number of fused-ring (bicyclic) bond motifs is 1. The average molecular weight is 315 g/mol. The molecule has 0 bridgehead atoms. The fourth-order valence-corrected chi connectivity index (χ4v) is 3.56. The Labute approximate surface area is 130 Å². The molecule has 1 saturated carbocycles. The molecule has 1 heterocycles. The fourth-order valence-electron chi connectivity index (χ4n) is 3.29. The molecule has 1 aliphatic carbocycles. The van der Waals surface area contributed by atoms with E-state index in [2.05, 4.69) is 0 Å². The van der Waals surface area contributed by atoms with E-state index < -0.39 is 0 Å². The average Bonchev–Trinajstić information content (AvgIpc) is 2.83. The normalized spacial score (nSPS) is 25.0. The highest BCUT2D eigenvalue weighted by Gasteiger charge is 2.33. The standard InChI is InChI=1S/C15H19ClN2O.ClH/c16-13-5-2-6-14-12(13)7-8-18(14)15(19)10-3-1-4-11(17)9-10;/h2,5-6,10-11H,1,3-4,7-9,17H2;1H. The number of nitrogens with two attached hydrogens (primary N) is 1. The Balaban J connectivity index is 0.00000147. The van der Waals surface area contributed by atoms with Gasteiger partial charge in [0.2, 0.25) is 5.91 Å².